The van der Waals surface area contributed by atoms with Crippen molar-refractivity contribution in [3.05, 3.63) is 129 Å². The zero-order valence-electron chi connectivity index (χ0n) is 23.0. The van der Waals surface area contributed by atoms with Gasteiger partial charge in [0.05, 0.1) is 0 Å². The molecule has 11 heteroatoms. The fourth-order valence-electron chi connectivity index (χ4n) is 4.22. The Hall–Kier alpha value is -4.55. The smallest absolute Gasteiger partial charge is 0.351 e. The SMILES string of the molecule is CC1=CC(C(=O)c2ccccc2)C(C)([N+]#N)C=C1.CC1=CC(C(=O)c2ccccc2)C(C)([N+]#N)C=C1.O=S(=O)([O-])[O-]. The first-order chi connectivity index (χ1) is 19.1. The molecule has 0 saturated carbocycles. The van der Waals surface area contributed by atoms with Gasteiger partial charge in [0.1, 0.15) is 21.8 Å². The highest BCUT2D eigenvalue weighted by Gasteiger charge is 2.50. The van der Waals surface area contributed by atoms with E-state index in [9.17, 15) is 20.4 Å². The molecule has 4 rings (SSSR count). The van der Waals surface area contributed by atoms with Crippen LogP contribution >= 0.6 is 0 Å². The number of hydrogen-bond donors (Lipinski definition) is 0. The molecule has 0 radical (unpaired) electrons. The molecule has 0 bridgehead atoms. The van der Waals surface area contributed by atoms with Crippen molar-refractivity contribution in [2.24, 2.45) is 11.8 Å². The molecular formula is C30H30N4O6S. The first-order valence-corrected chi connectivity index (χ1v) is 13.8. The van der Waals surface area contributed by atoms with Crippen molar-refractivity contribution < 1.29 is 27.1 Å². The predicted octanol–water partition coefficient (Wildman–Crippen LogP) is 5.89. The van der Waals surface area contributed by atoms with Crippen LogP contribution in [0, 0.1) is 22.6 Å². The maximum Gasteiger partial charge on any atom is 0.351 e. The number of Topliss-reactive ketones (excluding diaryl/α,β-unsaturated/α-hetero) is 2. The zero-order valence-corrected chi connectivity index (χ0v) is 23.9. The van der Waals surface area contributed by atoms with Gasteiger partial charge in [0.2, 0.25) is 10.8 Å². The monoisotopic (exact) mass is 574 g/mol. The van der Waals surface area contributed by atoms with Gasteiger partial charge in [-0.1, -0.05) is 96.1 Å². The largest absolute Gasteiger partial charge is 0.759 e. The molecule has 0 N–H and O–H groups in total. The van der Waals surface area contributed by atoms with Crippen LogP contribution in [0.3, 0.4) is 0 Å². The summed E-state index contributed by atoms with van der Waals surface area (Å²) < 4.78 is 34.1. The summed E-state index contributed by atoms with van der Waals surface area (Å²) in [5.41, 5.74) is 1.52. The highest BCUT2D eigenvalue weighted by molar-refractivity contribution is 7.79. The molecule has 0 fully saturated rings. The number of rotatable bonds is 4. The van der Waals surface area contributed by atoms with E-state index in [1.807, 2.05) is 74.5 Å². The van der Waals surface area contributed by atoms with Crippen LogP contribution in [0.1, 0.15) is 48.4 Å². The molecule has 212 valence electrons. The lowest BCUT2D eigenvalue weighted by Gasteiger charge is -2.19. The van der Waals surface area contributed by atoms with Crippen molar-refractivity contribution in [2.45, 2.75) is 38.8 Å². The molecule has 2 aliphatic rings. The second kappa shape index (κ2) is 13.7. The van der Waals surface area contributed by atoms with Crippen molar-refractivity contribution in [2.75, 3.05) is 0 Å². The van der Waals surface area contributed by atoms with E-state index in [1.165, 1.54) is 0 Å². The van der Waals surface area contributed by atoms with Crippen LogP contribution < -0.4 is 0 Å². The predicted molar refractivity (Wildman–Crippen MR) is 152 cm³/mol. The molecule has 0 spiro atoms. The Morgan fingerprint density at radius 2 is 1.00 bits per heavy atom. The summed E-state index contributed by atoms with van der Waals surface area (Å²) in [6.07, 6.45) is 11.0. The average molecular weight is 575 g/mol. The standard InChI is InChI=1S/2C15H15N2O.H2O4S/c2*1-11-8-9-15(2,17-16)13(10-11)14(18)12-6-4-3-5-7-12;1-5(2,3)4/h2*3-10,13H,1-2H3;(H2,1,2,3,4)/q2*+1;/p-2. The van der Waals surface area contributed by atoms with Gasteiger partial charge in [-0.25, -0.2) is 0 Å². The summed E-state index contributed by atoms with van der Waals surface area (Å²) >= 11 is 0. The lowest BCUT2D eigenvalue weighted by molar-refractivity contribution is 0.0915. The number of benzene rings is 2. The first-order valence-electron chi connectivity index (χ1n) is 12.5. The third kappa shape index (κ3) is 9.26. The molecule has 10 nitrogen and oxygen atoms in total. The summed E-state index contributed by atoms with van der Waals surface area (Å²) in [7, 11) is -5.17. The molecule has 0 heterocycles. The summed E-state index contributed by atoms with van der Waals surface area (Å²) in [5, 5.41) is 18.4. The maximum absolute atomic E-state index is 12.5. The van der Waals surface area contributed by atoms with Crippen LogP contribution in [0.15, 0.2) is 108 Å². The minimum atomic E-state index is -5.17. The van der Waals surface area contributed by atoms with Crippen molar-refractivity contribution in [3.8, 4) is 0 Å². The third-order valence-corrected chi connectivity index (χ3v) is 6.60. The Morgan fingerprint density at radius 3 is 1.27 bits per heavy atom. The van der Waals surface area contributed by atoms with E-state index in [1.54, 1.807) is 50.3 Å². The number of hydrogen-bond acceptors (Lipinski definition) is 8. The summed E-state index contributed by atoms with van der Waals surface area (Å²) in [5.74, 6) is -0.982. The normalized spacial score (nSPS) is 24.5. The Morgan fingerprint density at radius 1 is 0.707 bits per heavy atom. The highest BCUT2D eigenvalue weighted by atomic mass is 32.3. The maximum atomic E-state index is 12.5. The fraction of sp³-hybridized carbons (Fsp3) is 0.267. The van der Waals surface area contributed by atoms with Gasteiger partial charge in [-0.05, 0) is 13.8 Å². The third-order valence-electron chi connectivity index (χ3n) is 6.60. The molecule has 4 atom stereocenters. The van der Waals surface area contributed by atoms with Gasteiger partial charge in [-0.2, -0.15) is 0 Å². The van der Waals surface area contributed by atoms with Crippen LogP contribution in [-0.4, -0.2) is 40.2 Å². The van der Waals surface area contributed by atoms with Gasteiger partial charge in [0.15, 0.2) is 11.6 Å². The van der Waals surface area contributed by atoms with Crippen molar-refractivity contribution in [1.82, 2.24) is 0 Å². The van der Waals surface area contributed by atoms with Gasteiger partial charge >= 0.3 is 11.1 Å². The lowest BCUT2D eigenvalue weighted by Crippen LogP contribution is -2.35. The quantitative estimate of drug-likeness (QED) is 0.188. The molecule has 2 aromatic rings. The zero-order chi connectivity index (χ0) is 30.8. The Kier molecular flexibility index (Phi) is 10.9. The topological polar surface area (TPSA) is 171 Å². The molecule has 0 aromatic heterocycles. The van der Waals surface area contributed by atoms with E-state index in [0.717, 1.165) is 11.1 Å². The van der Waals surface area contributed by atoms with Gasteiger partial charge < -0.3 is 9.11 Å². The molecule has 0 amide bonds. The second-order valence-corrected chi connectivity index (χ2v) is 10.8. The summed E-state index contributed by atoms with van der Waals surface area (Å²) in [6, 6.07) is 18.2. The minimum Gasteiger partial charge on any atom is -0.759 e. The van der Waals surface area contributed by atoms with E-state index >= 15 is 0 Å². The van der Waals surface area contributed by atoms with Crippen LogP contribution in [0.4, 0.5) is 0 Å². The van der Waals surface area contributed by atoms with Gasteiger partial charge in [0.25, 0.3) is 0 Å². The lowest BCUT2D eigenvalue weighted by atomic mass is 9.77. The van der Waals surface area contributed by atoms with Crippen LogP contribution in [0.25, 0.3) is 9.95 Å². The molecule has 41 heavy (non-hydrogen) atoms. The molecule has 0 saturated heterocycles. The van der Waals surface area contributed by atoms with E-state index in [0.29, 0.717) is 11.1 Å². The van der Waals surface area contributed by atoms with Gasteiger partial charge in [-0.3, -0.25) is 18.0 Å². The van der Waals surface area contributed by atoms with Crippen LogP contribution in [-0.2, 0) is 10.4 Å². The van der Waals surface area contributed by atoms with E-state index < -0.39 is 33.3 Å². The summed E-state index contributed by atoms with van der Waals surface area (Å²) in [4.78, 5) is 31.7. The number of diazo groups is 2. The van der Waals surface area contributed by atoms with E-state index in [-0.39, 0.29) is 11.6 Å². The molecule has 2 aromatic carbocycles. The molecular weight excluding hydrogens is 544 g/mol. The van der Waals surface area contributed by atoms with Crippen LogP contribution in [0.5, 0.6) is 0 Å². The Balaban J connectivity index is 0.000000247. The van der Waals surface area contributed by atoms with Crippen molar-refractivity contribution >= 4 is 22.0 Å². The molecule has 0 aliphatic heterocycles. The van der Waals surface area contributed by atoms with E-state index in [2.05, 4.69) is 9.95 Å². The minimum absolute atomic E-state index is 0.0281. The Labute approximate surface area is 239 Å². The number of ketones is 2. The van der Waals surface area contributed by atoms with Crippen molar-refractivity contribution in [3.63, 3.8) is 0 Å². The average Bonchev–Trinajstić information content (AvgIpc) is 2.95. The molecule has 4 unspecified atom stereocenters. The van der Waals surface area contributed by atoms with Gasteiger partial charge in [-0.15, -0.1) is 0 Å². The number of carbonyl (C=O) groups is 2. The first kappa shape index (κ1) is 32.7. The van der Waals surface area contributed by atoms with Crippen molar-refractivity contribution in [1.29, 1.82) is 10.8 Å². The Bertz CT molecular complexity index is 1470. The summed E-state index contributed by atoms with van der Waals surface area (Å²) in [6.45, 7) is 7.35. The van der Waals surface area contributed by atoms with Gasteiger partial charge in [0, 0.05) is 47.5 Å². The second-order valence-electron chi connectivity index (χ2n) is 9.96. The number of nitrogens with zero attached hydrogens (tertiary/aromatic N) is 4. The number of carbonyl (C=O) groups excluding carboxylic acids is 2. The molecule has 2 aliphatic carbocycles. The van der Waals surface area contributed by atoms with Crippen LogP contribution in [0.2, 0.25) is 0 Å². The highest BCUT2D eigenvalue weighted by Crippen LogP contribution is 2.34. The van der Waals surface area contributed by atoms with E-state index in [4.69, 9.17) is 17.5 Å². The number of allylic oxidation sites excluding steroid dienone is 4. The fourth-order valence-corrected chi connectivity index (χ4v) is 4.22.